The van der Waals surface area contributed by atoms with Gasteiger partial charge in [0.2, 0.25) is 0 Å². The molecule has 24 heavy (non-hydrogen) atoms. The van der Waals surface area contributed by atoms with Crippen molar-refractivity contribution < 1.29 is 19.0 Å². The predicted octanol–water partition coefficient (Wildman–Crippen LogP) is 3.07. The van der Waals surface area contributed by atoms with Crippen LogP contribution in [0.15, 0.2) is 61.2 Å². The van der Waals surface area contributed by atoms with Crippen LogP contribution in [0, 0.1) is 0 Å². The highest BCUT2D eigenvalue weighted by molar-refractivity contribution is 5.94. The molecule has 0 fully saturated rings. The summed E-state index contributed by atoms with van der Waals surface area (Å²) in [7, 11) is 1.61. The van der Waals surface area contributed by atoms with Crippen LogP contribution in [0.25, 0.3) is 0 Å². The smallest absolute Gasteiger partial charge is 0.251 e. The van der Waals surface area contributed by atoms with Gasteiger partial charge in [0, 0.05) is 5.56 Å². The Bertz CT molecular complexity index is 650. The Hall–Kier alpha value is -2.95. The monoisotopic (exact) mass is 327 g/mol. The van der Waals surface area contributed by atoms with Crippen molar-refractivity contribution in [1.82, 2.24) is 5.32 Å². The van der Waals surface area contributed by atoms with Crippen LogP contribution in [0.4, 0.5) is 0 Å². The van der Waals surface area contributed by atoms with Crippen molar-refractivity contribution in [3.8, 4) is 17.2 Å². The lowest BCUT2D eigenvalue weighted by Crippen LogP contribution is -2.28. The zero-order chi connectivity index (χ0) is 17.2. The van der Waals surface area contributed by atoms with Gasteiger partial charge in [-0.2, -0.15) is 0 Å². The molecule has 5 nitrogen and oxygen atoms in total. The minimum Gasteiger partial charge on any atom is -0.497 e. The molecule has 126 valence electrons. The number of ether oxygens (including phenoxy) is 3. The summed E-state index contributed by atoms with van der Waals surface area (Å²) in [4.78, 5) is 12.0. The number of rotatable bonds is 9. The molecule has 0 unspecified atom stereocenters. The molecule has 2 rings (SSSR count). The van der Waals surface area contributed by atoms with Crippen LogP contribution in [0.2, 0.25) is 0 Å². The van der Waals surface area contributed by atoms with E-state index in [9.17, 15) is 4.79 Å². The van der Waals surface area contributed by atoms with Crippen LogP contribution in [-0.2, 0) is 0 Å². The normalized spacial score (nSPS) is 9.88. The molecule has 2 aromatic carbocycles. The van der Waals surface area contributed by atoms with E-state index in [1.54, 1.807) is 37.5 Å². The quantitative estimate of drug-likeness (QED) is 0.568. The third-order valence-corrected chi connectivity index (χ3v) is 3.20. The minimum absolute atomic E-state index is 0.149. The van der Waals surface area contributed by atoms with Crippen molar-refractivity contribution in [1.29, 1.82) is 0 Å². The lowest BCUT2D eigenvalue weighted by Gasteiger charge is -2.09. The number of hydrogen-bond donors (Lipinski definition) is 1. The third kappa shape index (κ3) is 5.35. The zero-order valence-corrected chi connectivity index (χ0v) is 13.7. The van der Waals surface area contributed by atoms with Gasteiger partial charge in [0.05, 0.1) is 13.7 Å². The summed E-state index contributed by atoms with van der Waals surface area (Å²) in [5, 5.41) is 2.81. The van der Waals surface area contributed by atoms with E-state index in [2.05, 4.69) is 11.9 Å². The standard InChI is InChI=1S/C19H21NO4/c1-3-13-23-17-6-4-15(5-7-17)19(21)20-12-14-24-18-10-8-16(22-2)9-11-18/h3-11H,1,12-14H2,2H3,(H,20,21). The first-order valence-electron chi connectivity index (χ1n) is 7.61. The molecule has 0 heterocycles. The first-order chi connectivity index (χ1) is 11.7. The van der Waals surface area contributed by atoms with Crippen molar-refractivity contribution >= 4 is 5.91 Å². The highest BCUT2D eigenvalue weighted by Crippen LogP contribution is 2.16. The van der Waals surface area contributed by atoms with Crippen molar-refractivity contribution in [2.75, 3.05) is 26.9 Å². The maximum atomic E-state index is 12.0. The fourth-order valence-electron chi connectivity index (χ4n) is 1.97. The Morgan fingerprint density at radius 3 is 2.21 bits per heavy atom. The highest BCUT2D eigenvalue weighted by Gasteiger charge is 2.05. The second-order valence-electron chi connectivity index (χ2n) is 4.90. The lowest BCUT2D eigenvalue weighted by atomic mass is 10.2. The number of benzene rings is 2. The molecule has 0 aliphatic heterocycles. The molecular weight excluding hydrogens is 306 g/mol. The summed E-state index contributed by atoms with van der Waals surface area (Å²) in [6, 6.07) is 14.2. The van der Waals surface area contributed by atoms with Gasteiger partial charge in [-0.1, -0.05) is 12.7 Å². The molecule has 0 aliphatic rings. The molecule has 0 aliphatic carbocycles. The molecule has 1 N–H and O–H groups in total. The van der Waals surface area contributed by atoms with E-state index in [4.69, 9.17) is 14.2 Å². The Balaban J connectivity index is 1.73. The van der Waals surface area contributed by atoms with Crippen LogP contribution < -0.4 is 19.5 Å². The summed E-state index contributed by atoms with van der Waals surface area (Å²) in [6.07, 6.45) is 1.67. The van der Waals surface area contributed by atoms with Gasteiger partial charge in [0.25, 0.3) is 5.91 Å². The van der Waals surface area contributed by atoms with Crippen molar-refractivity contribution in [2.24, 2.45) is 0 Å². The van der Waals surface area contributed by atoms with E-state index >= 15 is 0 Å². The predicted molar refractivity (Wildman–Crippen MR) is 93.0 cm³/mol. The Morgan fingerprint density at radius 1 is 1.00 bits per heavy atom. The molecule has 2 aromatic rings. The Kier molecular flexibility index (Phi) is 6.71. The maximum Gasteiger partial charge on any atom is 0.251 e. The topological polar surface area (TPSA) is 56.8 Å². The fraction of sp³-hybridized carbons (Fsp3) is 0.211. The summed E-state index contributed by atoms with van der Waals surface area (Å²) in [5.41, 5.74) is 0.574. The summed E-state index contributed by atoms with van der Waals surface area (Å²) >= 11 is 0. The molecule has 0 spiro atoms. The summed E-state index contributed by atoms with van der Waals surface area (Å²) in [6.45, 7) is 4.83. The van der Waals surface area contributed by atoms with Crippen LogP contribution >= 0.6 is 0 Å². The van der Waals surface area contributed by atoms with Gasteiger partial charge >= 0.3 is 0 Å². The number of methoxy groups -OCH3 is 1. The Morgan fingerprint density at radius 2 is 1.58 bits per heavy atom. The van der Waals surface area contributed by atoms with Gasteiger partial charge in [0.15, 0.2) is 0 Å². The van der Waals surface area contributed by atoms with Crippen LogP contribution in [-0.4, -0.2) is 32.8 Å². The maximum absolute atomic E-state index is 12.0. The second-order valence-corrected chi connectivity index (χ2v) is 4.90. The molecule has 0 radical (unpaired) electrons. The van der Waals surface area contributed by atoms with Gasteiger partial charge in [-0.25, -0.2) is 0 Å². The lowest BCUT2D eigenvalue weighted by molar-refractivity contribution is 0.0947. The molecule has 1 amide bonds. The number of amides is 1. The van der Waals surface area contributed by atoms with Crippen molar-refractivity contribution in [2.45, 2.75) is 0 Å². The van der Waals surface area contributed by atoms with E-state index in [-0.39, 0.29) is 5.91 Å². The van der Waals surface area contributed by atoms with Gasteiger partial charge < -0.3 is 19.5 Å². The van der Waals surface area contributed by atoms with Crippen LogP contribution in [0.1, 0.15) is 10.4 Å². The first-order valence-corrected chi connectivity index (χ1v) is 7.61. The minimum atomic E-state index is -0.149. The average molecular weight is 327 g/mol. The molecule has 0 saturated carbocycles. The Labute approximate surface area is 141 Å². The summed E-state index contributed by atoms with van der Waals surface area (Å²) in [5.74, 6) is 2.06. The molecular formula is C19H21NO4. The second kappa shape index (κ2) is 9.25. The number of carbonyl (C=O) groups is 1. The number of hydrogen-bond acceptors (Lipinski definition) is 4. The van der Waals surface area contributed by atoms with Gasteiger partial charge in [0.1, 0.15) is 30.5 Å². The van der Waals surface area contributed by atoms with Gasteiger partial charge in [-0.05, 0) is 48.5 Å². The number of carbonyl (C=O) groups excluding carboxylic acids is 1. The zero-order valence-electron chi connectivity index (χ0n) is 13.7. The summed E-state index contributed by atoms with van der Waals surface area (Å²) < 4.78 is 16.0. The molecule has 0 bridgehead atoms. The average Bonchev–Trinajstić information content (AvgIpc) is 2.64. The van der Waals surface area contributed by atoms with Crippen LogP contribution in [0.5, 0.6) is 17.2 Å². The molecule has 0 atom stereocenters. The van der Waals surface area contributed by atoms with E-state index in [1.807, 2.05) is 24.3 Å². The number of nitrogens with one attached hydrogen (secondary N) is 1. The fourth-order valence-corrected chi connectivity index (χ4v) is 1.97. The molecule has 0 aromatic heterocycles. The van der Waals surface area contributed by atoms with Crippen molar-refractivity contribution in [3.63, 3.8) is 0 Å². The van der Waals surface area contributed by atoms with Gasteiger partial charge in [-0.15, -0.1) is 0 Å². The van der Waals surface area contributed by atoms with E-state index in [0.717, 1.165) is 11.5 Å². The van der Waals surface area contributed by atoms with Crippen LogP contribution in [0.3, 0.4) is 0 Å². The molecule has 5 heteroatoms. The highest BCUT2D eigenvalue weighted by atomic mass is 16.5. The van der Waals surface area contributed by atoms with E-state index in [1.165, 1.54) is 0 Å². The van der Waals surface area contributed by atoms with E-state index < -0.39 is 0 Å². The molecule has 0 saturated heterocycles. The third-order valence-electron chi connectivity index (χ3n) is 3.20. The first kappa shape index (κ1) is 17.4. The largest absolute Gasteiger partial charge is 0.497 e. The van der Waals surface area contributed by atoms with Gasteiger partial charge in [-0.3, -0.25) is 4.79 Å². The SMILES string of the molecule is C=CCOc1ccc(C(=O)NCCOc2ccc(OC)cc2)cc1. The van der Waals surface area contributed by atoms with Crippen molar-refractivity contribution in [3.05, 3.63) is 66.7 Å². The van der Waals surface area contributed by atoms with E-state index in [0.29, 0.717) is 31.1 Å².